The quantitative estimate of drug-likeness (QED) is 0.437. The number of rotatable bonds is 4. The van der Waals surface area contributed by atoms with Crippen molar-refractivity contribution in [1.29, 1.82) is 0 Å². The predicted octanol–water partition coefficient (Wildman–Crippen LogP) is 5.49. The molecule has 0 unspecified atom stereocenters. The highest BCUT2D eigenvalue weighted by molar-refractivity contribution is 6.30. The van der Waals surface area contributed by atoms with Crippen molar-refractivity contribution in [3.63, 3.8) is 0 Å². The van der Waals surface area contributed by atoms with Crippen molar-refractivity contribution in [1.82, 2.24) is 10.2 Å². The summed E-state index contributed by atoms with van der Waals surface area (Å²) in [4.78, 5) is 26.4. The fourth-order valence-corrected chi connectivity index (χ4v) is 4.20. The van der Waals surface area contributed by atoms with Crippen LogP contribution < -0.4 is 4.90 Å². The number of nitrogens with zero attached hydrogens (tertiary/aromatic N) is 2. The Morgan fingerprint density at radius 3 is 2.28 bits per heavy atom. The van der Waals surface area contributed by atoms with E-state index in [1.807, 2.05) is 43.3 Å². The minimum Gasteiger partial charge on any atom is -0.478 e. The molecular formula is C25H18ClN3O3. The fourth-order valence-electron chi connectivity index (χ4n) is 4.07. The van der Waals surface area contributed by atoms with Crippen LogP contribution >= 0.6 is 11.6 Å². The molecule has 1 atom stereocenters. The number of H-pyrrole nitrogens is 1. The predicted molar refractivity (Wildman–Crippen MR) is 122 cm³/mol. The average Bonchev–Trinajstić information content (AvgIpc) is 3.34. The lowest BCUT2D eigenvalue weighted by Crippen LogP contribution is -2.29. The highest BCUT2D eigenvalue weighted by Crippen LogP contribution is 2.45. The molecule has 0 aliphatic carbocycles. The number of benzene rings is 3. The van der Waals surface area contributed by atoms with Gasteiger partial charge in [0, 0.05) is 21.8 Å². The van der Waals surface area contributed by atoms with Crippen LogP contribution in [0.1, 0.15) is 43.6 Å². The van der Waals surface area contributed by atoms with Crippen molar-refractivity contribution in [2.45, 2.75) is 13.0 Å². The van der Waals surface area contributed by atoms with Gasteiger partial charge in [0.1, 0.15) is 5.69 Å². The number of halogens is 1. The number of nitrogens with one attached hydrogen (secondary N) is 1. The number of hydrogen-bond donors (Lipinski definition) is 2. The van der Waals surface area contributed by atoms with Crippen LogP contribution in [0.4, 0.5) is 5.69 Å². The number of amides is 1. The normalized spacial score (nSPS) is 15.1. The summed E-state index contributed by atoms with van der Waals surface area (Å²) in [6, 6.07) is 21.2. The van der Waals surface area contributed by atoms with E-state index >= 15 is 0 Å². The molecule has 0 radical (unpaired) electrons. The molecule has 0 bridgehead atoms. The Morgan fingerprint density at radius 1 is 1.00 bits per heavy atom. The summed E-state index contributed by atoms with van der Waals surface area (Å²) < 4.78 is 0. The van der Waals surface area contributed by atoms with Crippen LogP contribution in [0.15, 0.2) is 72.8 Å². The molecule has 158 valence electrons. The maximum atomic E-state index is 13.5. The summed E-state index contributed by atoms with van der Waals surface area (Å²) in [7, 11) is 0. The molecule has 0 saturated carbocycles. The van der Waals surface area contributed by atoms with Gasteiger partial charge in [-0.2, -0.15) is 5.10 Å². The van der Waals surface area contributed by atoms with E-state index in [2.05, 4.69) is 10.2 Å². The third kappa shape index (κ3) is 3.25. The number of carboxylic acid groups (broad SMARTS) is 1. The van der Waals surface area contributed by atoms with Gasteiger partial charge >= 0.3 is 5.97 Å². The van der Waals surface area contributed by atoms with Gasteiger partial charge in [-0.25, -0.2) is 4.79 Å². The minimum absolute atomic E-state index is 0.156. The van der Waals surface area contributed by atoms with Gasteiger partial charge in [0.25, 0.3) is 5.91 Å². The van der Waals surface area contributed by atoms with E-state index in [9.17, 15) is 14.7 Å². The second-order valence-corrected chi connectivity index (χ2v) is 8.14. The molecule has 0 saturated heterocycles. The molecule has 0 spiro atoms. The molecule has 0 fully saturated rings. The number of carbonyl (C=O) groups is 2. The van der Waals surface area contributed by atoms with Crippen LogP contribution in [0.3, 0.4) is 0 Å². The van der Waals surface area contributed by atoms with Crippen molar-refractivity contribution in [3.05, 3.63) is 106 Å². The van der Waals surface area contributed by atoms with Crippen LogP contribution in [0.2, 0.25) is 5.02 Å². The lowest BCUT2D eigenvalue weighted by molar-refractivity contribution is 0.0696. The molecule has 1 aliphatic heterocycles. The number of hydrogen-bond acceptors (Lipinski definition) is 3. The molecule has 32 heavy (non-hydrogen) atoms. The third-order valence-corrected chi connectivity index (χ3v) is 5.92. The molecule has 4 aromatic rings. The minimum atomic E-state index is -1.02. The number of carbonyl (C=O) groups excluding carboxylic acids is 1. The Morgan fingerprint density at radius 2 is 1.66 bits per heavy atom. The molecule has 1 amide bonds. The van der Waals surface area contributed by atoms with Crippen molar-refractivity contribution < 1.29 is 14.7 Å². The van der Waals surface area contributed by atoms with Gasteiger partial charge in [-0.3, -0.25) is 14.8 Å². The summed E-state index contributed by atoms with van der Waals surface area (Å²) in [5.41, 5.74) is 5.57. The lowest BCUT2D eigenvalue weighted by atomic mass is 9.95. The number of carboxylic acids is 1. The first-order chi connectivity index (χ1) is 15.4. The molecule has 6 nitrogen and oxygen atoms in total. The number of anilines is 1. The molecule has 2 N–H and O–H groups in total. The second-order valence-electron chi connectivity index (χ2n) is 7.71. The van der Waals surface area contributed by atoms with Crippen LogP contribution in [0.5, 0.6) is 0 Å². The van der Waals surface area contributed by atoms with Crippen LogP contribution in [-0.2, 0) is 0 Å². The van der Waals surface area contributed by atoms with E-state index in [0.29, 0.717) is 22.1 Å². The summed E-state index contributed by atoms with van der Waals surface area (Å²) >= 11 is 6.11. The number of aryl methyl sites for hydroxylation is 1. The molecular weight excluding hydrogens is 426 g/mol. The maximum Gasteiger partial charge on any atom is 0.335 e. The van der Waals surface area contributed by atoms with Crippen molar-refractivity contribution in [2.75, 3.05) is 4.90 Å². The zero-order valence-corrected chi connectivity index (χ0v) is 17.8. The molecule has 1 aromatic heterocycles. The monoisotopic (exact) mass is 443 g/mol. The Balaban J connectivity index is 1.68. The summed E-state index contributed by atoms with van der Waals surface area (Å²) in [5.74, 6) is -1.25. The van der Waals surface area contributed by atoms with E-state index in [1.165, 1.54) is 12.1 Å². The topological polar surface area (TPSA) is 86.3 Å². The van der Waals surface area contributed by atoms with Crippen LogP contribution in [0, 0.1) is 6.92 Å². The Kier molecular flexibility index (Phi) is 4.79. The lowest BCUT2D eigenvalue weighted by Gasteiger charge is -2.26. The van der Waals surface area contributed by atoms with Crippen molar-refractivity contribution in [3.8, 4) is 11.3 Å². The molecule has 1 aliphatic rings. The van der Waals surface area contributed by atoms with Crippen molar-refractivity contribution >= 4 is 29.2 Å². The van der Waals surface area contributed by atoms with E-state index in [1.54, 1.807) is 29.2 Å². The zero-order valence-electron chi connectivity index (χ0n) is 17.0. The van der Waals surface area contributed by atoms with E-state index in [0.717, 1.165) is 22.3 Å². The highest BCUT2D eigenvalue weighted by atomic mass is 35.5. The van der Waals surface area contributed by atoms with E-state index in [4.69, 9.17) is 11.6 Å². The fraction of sp³-hybridized carbons (Fsp3) is 0.0800. The standard InChI is InChI=1S/C25H18ClN3O3/c1-14-2-4-15(5-3-14)21-20-22(28-27-21)24(30)29(19-12-8-17(9-13-19)25(31)32)23(20)16-6-10-18(26)11-7-16/h2-13,23H,1H3,(H,27,28)(H,31,32)/t23-/m1/s1. The number of fused-ring (bicyclic) bond motifs is 1. The van der Waals surface area contributed by atoms with Crippen LogP contribution in [0.25, 0.3) is 11.3 Å². The van der Waals surface area contributed by atoms with Gasteiger partial charge in [0.15, 0.2) is 0 Å². The number of aromatic amines is 1. The highest BCUT2D eigenvalue weighted by Gasteiger charge is 2.43. The van der Waals surface area contributed by atoms with Gasteiger partial charge in [-0.05, 0) is 48.9 Å². The van der Waals surface area contributed by atoms with Gasteiger partial charge in [0.2, 0.25) is 0 Å². The Labute approximate surface area is 189 Å². The first-order valence-corrected chi connectivity index (χ1v) is 10.4. The Hall–Kier alpha value is -3.90. The molecule has 5 rings (SSSR count). The number of aromatic nitrogens is 2. The van der Waals surface area contributed by atoms with E-state index in [-0.39, 0.29) is 11.5 Å². The summed E-state index contributed by atoms with van der Waals surface area (Å²) in [6.45, 7) is 2.02. The summed E-state index contributed by atoms with van der Waals surface area (Å²) in [6.07, 6.45) is 0. The largest absolute Gasteiger partial charge is 0.478 e. The molecule has 7 heteroatoms. The Bertz CT molecular complexity index is 1330. The van der Waals surface area contributed by atoms with Gasteiger partial charge in [-0.15, -0.1) is 0 Å². The van der Waals surface area contributed by atoms with Gasteiger partial charge < -0.3 is 5.11 Å². The first-order valence-electron chi connectivity index (χ1n) is 10.0. The van der Waals surface area contributed by atoms with Gasteiger partial charge in [0.05, 0.1) is 17.3 Å². The van der Waals surface area contributed by atoms with Crippen molar-refractivity contribution in [2.24, 2.45) is 0 Å². The summed E-state index contributed by atoms with van der Waals surface area (Å²) in [5, 5.41) is 17.2. The van der Waals surface area contributed by atoms with E-state index < -0.39 is 12.0 Å². The average molecular weight is 444 g/mol. The first kappa shape index (κ1) is 20.0. The number of aromatic carboxylic acids is 1. The van der Waals surface area contributed by atoms with Gasteiger partial charge in [-0.1, -0.05) is 53.6 Å². The SMILES string of the molecule is Cc1ccc(-c2n[nH]c3c2[C@@H](c2ccc(Cl)cc2)N(c2ccc(C(=O)O)cc2)C3=O)cc1. The second kappa shape index (κ2) is 7.66. The smallest absolute Gasteiger partial charge is 0.335 e. The molecule has 3 aromatic carbocycles. The molecule has 2 heterocycles. The maximum absolute atomic E-state index is 13.5. The van der Waals surface area contributed by atoms with Crippen LogP contribution in [-0.4, -0.2) is 27.2 Å². The zero-order chi connectivity index (χ0) is 22.4. The third-order valence-electron chi connectivity index (χ3n) is 5.67.